The van der Waals surface area contributed by atoms with E-state index in [1.165, 1.54) is 0 Å². The van der Waals surface area contributed by atoms with Gasteiger partial charge in [0.2, 0.25) is 0 Å². The maximum atomic E-state index is 10.7. The third kappa shape index (κ3) is 6.50. The number of aliphatic hydroxyl groups excluding tert-OH is 3. The van der Waals surface area contributed by atoms with Gasteiger partial charge in [0.25, 0.3) is 7.82 Å². The Balaban J connectivity index is 3.23. The molecule has 0 amide bonds. The lowest BCUT2D eigenvalue weighted by Crippen LogP contribution is -2.65. The molecule has 0 spiro atoms. The summed E-state index contributed by atoms with van der Waals surface area (Å²) in [6.45, 7) is 0. The molecule has 0 heterocycles. The van der Waals surface area contributed by atoms with E-state index >= 15 is 0 Å². The van der Waals surface area contributed by atoms with E-state index in [1.54, 1.807) is 0 Å². The van der Waals surface area contributed by atoms with E-state index in [0.717, 1.165) is 0 Å². The summed E-state index contributed by atoms with van der Waals surface area (Å²) in [6.07, 6.45) is -15.4. The summed E-state index contributed by atoms with van der Waals surface area (Å²) >= 11 is 0. The smallest absolute Gasteiger partial charge is 0.265 e. The van der Waals surface area contributed by atoms with Gasteiger partial charge in [-0.1, -0.05) is 0 Å². The lowest BCUT2D eigenvalue weighted by atomic mass is 9.85. The molecule has 1 aliphatic rings. The van der Waals surface area contributed by atoms with Crippen molar-refractivity contribution in [3.63, 3.8) is 0 Å². The third-order valence-corrected chi connectivity index (χ3v) is 4.29. The topological polar surface area (TPSA) is 275 Å². The highest BCUT2D eigenvalue weighted by molar-refractivity contribution is 7.44. The van der Waals surface area contributed by atoms with E-state index in [0.29, 0.717) is 0 Å². The number of hydrogen-bond donors (Lipinski definition) is 4. The maximum absolute atomic E-state index is 10.7. The first-order valence-corrected chi connectivity index (χ1v) is 10.1. The van der Waals surface area contributed by atoms with Crippen LogP contribution in [0.3, 0.4) is 0 Å². The summed E-state index contributed by atoms with van der Waals surface area (Å²) in [7, 11) is -17.6. The lowest BCUT2D eigenvalue weighted by Gasteiger charge is -2.50. The number of hydrogen-bond acceptors (Lipinski definition) is 14. The first-order chi connectivity index (χ1) is 10.5. The molecule has 0 aliphatic heterocycles. The monoisotopic (exact) mass is 415 g/mol. The van der Waals surface area contributed by atoms with Crippen molar-refractivity contribution in [2.45, 2.75) is 36.6 Å². The lowest BCUT2D eigenvalue weighted by molar-refractivity contribution is -0.361. The minimum Gasteiger partial charge on any atom is -0.790 e. The Labute approximate surface area is 133 Å². The van der Waals surface area contributed by atoms with Gasteiger partial charge in [-0.05, 0) is 0 Å². The number of aliphatic hydroxyl groups is 3. The van der Waals surface area contributed by atoms with Crippen molar-refractivity contribution in [3.8, 4) is 0 Å². The molecule has 18 heteroatoms. The molecule has 24 heavy (non-hydrogen) atoms. The molecule has 144 valence electrons. The molecule has 0 radical (unpaired) electrons. The van der Waals surface area contributed by atoms with E-state index in [2.05, 4.69) is 13.6 Å². The first kappa shape index (κ1) is 22.3. The SMILES string of the molecule is O=P([O-])([O-])O[C@@H]1[C@@H](O)[C@H](OP(=O)([O-])[O-])[C@@H](OP(=O)([O-])O)[C@H](O)[C@@H]1O. The van der Waals surface area contributed by atoms with Gasteiger partial charge in [-0.2, -0.15) is 0 Å². The molecule has 0 aromatic rings. The van der Waals surface area contributed by atoms with Gasteiger partial charge in [0.05, 0.1) is 15.6 Å². The molecular formula is C6H10O15P3-5. The normalized spacial score (nSPS) is 37.9. The Kier molecular flexibility index (Phi) is 6.90. The highest BCUT2D eigenvalue weighted by Gasteiger charge is 2.53. The Bertz CT molecular complexity index is 574. The fraction of sp³-hybridized carbons (Fsp3) is 1.00. The van der Waals surface area contributed by atoms with Crippen LogP contribution >= 0.6 is 23.5 Å². The second kappa shape index (κ2) is 7.45. The average molecular weight is 415 g/mol. The van der Waals surface area contributed by atoms with Crippen molar-refractivity contribution in [1.82, 2.24) is 0 Å². The zero-order valence-corrected chi connectivity index (χ0v) is 13.8. The van der Waals surface area contributed by atoms with Crippen LogP contribution in [0.2, 0.25) is 0 Å². The Morgan fingerprint density at radius 3 is 1.33 bits per heavy atom. The quantitative estimate of drug-likeness (QED) is 0.293. The van der Waals surface area contributed by atoms with Crippen molar-refractivity contribution >= 4 is 23.5 Å². The zero-order chi connectivity index (χ0) is 19.1. The Morgan fingerprint density at radius 1 is 0.625 bits per heavy atom. The highest BCUT2D eigenvalue weighted by atomic mass is 31.2. The van der Waals surface area contributed by atoms with Crippen molar-refractivity contribution in [2.24, 2.45) is 0 Å². The van der Waals surface area contributed by atoms with Crippen LogP contribution < -0.4 is 24.5 Å². The van der Waals surface area contributed by atoms with E-state index < -0.39 is 60.1 Å². The second-order valence-electron chi connectivity index (χ2n) is 4.54. The molecule has 1 aliphatic carbocycles. The molecule has 4 N–H and O–H groups in total. The van der Waals surface area contributed by atoms with Gasteiger partial charge in [-0.3, -0.25) is 4.57 Å². The van der Waals surface area contributed by atoms with Crippen molar-refractivity contribution in [2.75, 3.05) is 0 Å². The van der Waals surface area contributed by atoms with Gasteiger partial charge in [-0.15, -0.1) is 0 Å². The average Bonchev–Trinajstić information content (AvgIpc) is 2.32. The van der Waals surface area contributed by atoms with Crippen LogP contribution in [0.25, 0.3) is 0 Å². The Hall–Kier alpha value is 0.210. The van der Waals surface area contributed by atoms with Crippen LogP contribution in [0.15, 0.2) is 0 Å². The number of phosphoric ester groups is 3. The summed E-state index contributed by atoms with van der Waals surface area (Å²) in [5.41, 5.74) is 0. The van der Waals surface area contributed by atoms with Gasteiger partial charge < -0.3 is 67.4 Å². The zero-order valence-electron chi connectivity index (χ0n) is 11.1. The van der Waals surface area contributed by atoms with Crippen LogP contribution in [0.5, 0.6) is 0 Å². The molecule has 1 rings (SSSR count). The highest BCUT2D eigenvalue weighted by Crippen LogP contribution is 2.44. The molecule has 1 saturated carbocycles. The summed E-state index contributed by atoms with van der Waals surface area (Å²) in [4.78, 5) is 61.7. The predicted octanol–water partition coefficient (Wildman–Crippen LogP) is -6.64. The standard InChI is InChI=1S/C6H15O15P3/c7-1-2(8)5(20-23(13,14)15)6(21-24(16,17)18)3(9)4(1)19-22(10,11)12/h1-9H,(H2,10,11,12)(H2,13,14,15)(H2,16,17,18)/p-5/t1-,2+,3+,4-,5-,6-/m0/s1. The van der Waals surface area contributed by atoms with Crippen molar-refractivity contribution in [1.29, 1.82) is 0 Å². The number of phosphoric acid groups is 3. The van der Waals surface area contributed by atoms with Gasteiger partial charge in [0, 0.05) is 0 Å². The second-order valence-corrected chi connectivity index (χ2v) is 7.90. The van der Waals surface area contributed by atoms with Crippen LogP contribution in [0, 0.1) is 0 Å². The molecule has 0 aromatic carbocycles. The van der Waals surface area contributed by atoms with Crippen molar-refractivity contribution < 1.29 is 71.9 Å². The minimum absolute atomic E-state index is 2.51. The molecule has 7 atom stereocenters. The van der Waals surface area contributed by atoms with E-state index in [1.807, 2.05) is 0 Å². The van der Waals surface area contributed by atoms with Crippen molar-refractivity contribution in [3.05, 3.63) is 0 Å². The minimum atomic E-state index is -5.99. The van der Waals surface area contributed by atoms with Gasteiger partial charge >= 0.3 is 0 Å². The molecule has 0 aromatic heterocycles. The number of rotatable bonds is 6. The first-order valence-electron chi connectivity index (χ1n) is 5.69. The van der Waals surface area contributed by atoms with Crippen LogP contribution in [0.4, 0.5) is 0 Å². The molecule has 0 saturated heterocycles. The summed E-state index contributed by atoms with van der Waals surface area (Å²) < 4.78 is 43.3. The van der Waals surface area contributed by atoms with Gasteiger partial charge in [-0.25, -0.2) is 0 Å². The van der Waals surface area contributed by atoms with E-state index in [-0.39, 0.29) is 0 Å². The predicted molar refractivity (Wildman–Crippen MR) is 57.7 cm³/mol. The third-order valence-electron chi connectivity index (χ3n) is 2.78. The molecular weight excluding hydrogens is 405 g/mol. The van der Waals surface area contributed by atoms with E-state index in [4.69, 9.17) is 4.89 Å². The molecule has 1 unspecified atom stereocenters. The summed E-state index contributed by atoms with van der Waals surface area (Å²) in [5.74, 6) is 0. The summed E-state index contributed by atoms with van der Waals surface area (Å²) in [6, 6.07) is 0. The Morgan fingerprint density at radius 2 is 0.958 bits per heavy atom. The van der Waals surface area contributed by atoms with Crippen LogP contribution in [-0.2, 0) is 27.3 Å². The fourth-order valence-corrected chi connectivity index (χ4v) is 3.63. The molecule has 0 bridgehead atoms. The molecule has 1 fully saturated rings. The van der Waals surface area contributed by atoms with Gasteiger partial charge in [0.1, 0.15) is 36.6 Å². The van der Waals surface area contributed by atoms with Crippen LogP contribution in [0.1, 0.15) is 0 Å². The maximum Gasteiger partial charge on any atom is 0.265 e. The van der Waals surface area contributed by atoms with Gasteiger partial charge in [0.15, 0.2) is 0 Å². The van der Waals surface area contributed by atoms with Crippen LogP contribution in [-0.4, -0.2) is 56.8 Å². The van der Waals surface area contributed by atoms with E-state index in [9.17, 15) is 53.5 Å². The fourth-order valence-electron chi connectivity index (χ4n) is 1.99. The molecule has 15 nitrogen and oxygen atoms in total. The summed E-state index contributed by atoms with van der Waals surface area (Å²) in [5, 5.41) is 29.0. The largest absolute Gasteiger partial charge is 0.790 e.